The van der Waals surface area contributed by atoms with Gasteiger partial charge in [0.2, 0.25) is 5.88 Å². The van der Waals surface area contributed by atoms with E-state index in [4.69, 9.17) is 14.5 Å². The molecule has 0 spiro atoms. The number of amides is 1. The van der Waals surface area contributed by atoms with Crippen molar-refractivity contribution in [2.75, 3.05) is 18.6 Å². The minimum Gasteiger partial charge on any atom is -0.474 e. The van der Waals surface area contributed by atoms with E-state index in [9.17, 15) is 9.90 Å². The number of hydrogen-bond donors (Lipinski definition) is 1. The molecule has 212 valence electrons. The SMILES string of the molecule is CC(C)Oc1nc(-c2ccc(N(C)C3C[C@H]4CC[C@@H](C3)N4C(=O)O)nn2)ccc1-c1cnn(C2CCCCO2)c1. The smallest absolute Gasteiger partial charge is 0.407 e. The van der Waals surface area contributed by atoms with Gasteiger partial charge in [-0.25, -0.2) is 14.5 Å². The van der Waals surface area contributed by atoms with E-state index in [0.29, 0.717) is 17.3 Å². The molecule has 1 N–H and O–H groups in total. The van der Waals surface area contributed by atoms with Crippen LogP contribution >= 0.6 is 0 Å². The average Bonchev–Trinajstić information content (AvgIpc) is 3.55. The second-order valence-corrected chi connectivity index (χ2v) is 11.3. The predicted octanol–water partition coefficient (Wildman–Crippen LogP) is 5.00. The number of rotatable bonds is 7. The first-order valence-electron chi connectivity index (χ1n) is 14.3. The van der Waals surface area contributed by atoms with Gasteiger partial charge < -0.3 is 24.4 Å². The number of ether oxygens (including phenoxy) is 2. The zero-order valence-electron chi connectivity index (χ0n) is 23.3. The fourth-order valence-electron chi connectivity index (χ4n) is 6.30. The average molecular weight is 548 g/mol. The van der Waals surface area contributed by atoms with E-state index in [1.54, 1.807) is 4.90 Å². The van der Waals surface area contributed by atoms with E-state index < -0.39 is 6.09 Å². The number of piperidine rings is 1. The van der Waals surface area contributed by atoms with Gasteiger partial charge in [-0.3, -0.25) is 0 Å². The van der Waals surface area contributed by atoms with Crippen molar-refractivity contribution in [3.63, 3.8) is 0 Å². The summed E-state index contributed by atoms with van der Waals surface area (Å²) in [7, 11) is 2.02. The van der Waals surface area contributed by atoms with Gasteiger partial charge in [0.05, 0.1) is 18.0 Å². The van der Waals surface area contributed by atoms with Gasteiger partial charge in [0, 0.05) is 49.1 Å². The largest absolute Gasteiger partial charge is 0.474 e. The van der Waals surface area contributed by atoms with Gasteiger partial charge in [-0.1, -0.05) is 0 Å². The number of nitrogens with zero attached hydrogens (tertiary/aromatic N) is 7. The number of carbonyl (C=O) groups is 1. The van der Waals surface area contributed by atoms with Crippen LogP contribution in [-0.4, -0.2) is 78.9 Å². The fraction of sp³-hybridized carbons (Fsp3) is 0.552. The molecule has 0 aliphatic carbocycles. The molecule has 2 unspecified atom stereocenters. The summed E-state index contributed by atoms with van der Waals surface area (Å²) >= 11 is 0. The van der Waals surface area contributed by atoms with E-state index in [-0.39, 0.29) is 30.5 Å². The van der Waals surface area contributed by atoms with E-state index in [1.807, 2.05) is 62.2 Å². The second-order valence-electron chi connectivity index (χ2n) is 11.3. The summed E-state index contributed by atoms with van der Waals surface area (Å²) in [5.41, 5.74) is 3.13. The lowest BCUT2D eigenvalue weighted by Gasteiger charge is -2.41. The maximum Gasteiger partial charge on any atom is 0.407 e. The Kier molecular flexibility index (Phi) is 7.31. The minimum absolute atomic E-state index is 0.0315. The van der Waals surface area contributed by atoms with Gasteiger partial charge in [-0.15, -0.1) is 10.2 Å². The Labute approximate surface area is 234 Å². The van der Waals surface area contributed by atoms with Crippen molar-refractivity contribution in [1.82, 2.24) is 29.9 Å². The first kappa shape index (κ1) is 26.5. The zero-order valence-corrected chi connectivity index (χ0v) is 23.3. The molecule has 40 heavy (non-hydrogen) atoms. The van der Waals surface area contributed by atoms with E-state index in [0.717, 1.165) is 68.5 Å². The Hall–Kier alpha value is -3.73. The number of anilines is 1. The molecule has 2 bridgehead atoms. The maximum atomic E-state index is 11.7. The van der Waals surface area contributed by atoms with Crippen LogP contribution in [-0.2, 0) is 4.74 Å². The molecule has 0 radical (unpaired) electrons. The molecule has 3 aliphatic rings. The van der Waals surface area contributed by atoms with Gasteiger partial charge in [0.1, 0.15) is 11.9 Å². The topological polar surface area (TPSA) is 119 Å². The van der Waals surface area contributed by atoms with E-state index >= 15 is 0 Å². The van der Waals surface area contributed by atoms with Crippen LogP contribution in [0.15, 0.2) is 36.7 Å². The monoisotopic (exact) mass is 547 g/mol. The van der Waals surface area contributed by atoms with Crippen molar-refractivity contribution in [2.45, 2.75) is 89.3 Å². The number of fused-ring (bicyclic) bond motifs is 2. The number of aromatic nitrogens is 5. The third-order valence-electron chi connectivity index (χ3n) is 8.32. The molecule has 3 aromatic heterocycles. The fourth-order valence-corrected chi connectivity index (χ4v) is 6.30. The number of pyridine rings is 1. The summed E-state index contributed by atoms with van der Waals surface area (Å²) in [6.07, 6.45) is 9.62. The van der Waals surface area contributed by atoms with E-state index in [1.165, 1.54) is 0 Å². The van der Waals surface area contributed by atoms with Crippen LogP contribution in [0.25, 0.3) is 22.5 Å². The van der Waals surface area contributed by atoms with Gasteiger partial charge in [0.15, 0.2) is 5.82 Å². The van der Waals surface area contributed by atoms with Crippen molar-refractivity contribution in [1.29, 1.82) is 0 Å². The molecule has 3 saturated heterocycles. The standard InChI is InChI=1S/C29H37N7O4/c1-18(2)40-28-23(19-16-30-35(17-19)27-6-4-5-13-39-27)9-10-24(31-28)25-11-12-26(33-32-25)34(3)22-14-20-7-8-21(15-22)36(20)29(37)38/h9-12,16-18,20-22,27H,4-8,13-15H2,1-3H3,(H,37,38)/t20-,21+,22?,27?. The lowest BCUT2D eigenvalue weighted by Crippen LogP contribution is -2.51. The quantitative estimate of drug-likeness (QED) is 0.436. The zero-order chi connectivity index (χ0) is 27.8. The lowest BCUT2D eigenvalue weighted by molar-refractivity contribution is -0.0394. The Morgan fingerprint density at radius 3 is 2.50 bits per heavy atom. The summed E-state index contributed by atoms with van der Waals surface area (Å²) in [6.45, 7) is 4.72. The molecule has 3 aliphatic heterocycles. The highest BCUT2D eigenvalue weighted by Crippen LogP contribution is 2.38. The molecule has 3 aromatic rings. The van der Waals surface area contributed by atoms with Crippen molar-refractivity contribution < 1.29 is 19.4 Å². The van der Waals surface area contributed by atoms with Crippen LogP contribution in [0.4, 0.5) is 10.6 Å². The highest BCUT2D eigenvalue weighted by Gasteiger charge is 2.44. The molecule has 11 heteroatoms. The van der Waals surface area contributed by atoms with Gasteiger partial charge in [0.25, 0.3) is 0 Å². The van der Waals surface area contributed by atoms with Crippen LogP contribution in [0.2, 0.25) is 0 Å². The minimum atomic E-state index is -0.802. The summed E-state index contributed by atoms with van der Waals surface area (Å²) in [5.74, 6) is 1.30. The van der Waals surface area contributed by atoms with Crippen molar-refractivity contribution in [2.24, 2.45) is 0 Å². The van der Waals surface area contributed by atoms with Crippen molar-refractivity contribution >= 4 is 11.9 Å². The Morgan fingerprint density at radius 2 is 1.85 bits per heavy atom. The number of carboxylic acid groups (broad SMARTS) is 1. The molecule has 6 heterocycles. The normalized spacial score (nSPS) is 24.4. The molecule has 0 aromatic carbocycles. The predicted molar refractivity (Wildman–Crippen MR) is 149 cm³/mol. The lowest BCUT2D eigenvalue weighted by atomic mass is 9.96. The van der Waals surface area contributed by atoms with Crippen LogP contribution in [0.3, 0.4) is 0 Å². The van der Waals surface area contributed by atoms with Crippen LogP contribution in [0, 0.1) is 0 Å². The summed E-state index contributed by atoms with van der Waals surface area (Å²) in [5, 5.41) is 23.1. The summed E-state index contributed by atoms with van der Waals surface area (Å²) in [4.78, 5) is 20.3. The third-order valence-corrected chi connectivity index (χ3v) is 8.32. The van der Waals surface area contributed by atoms with Crippen LogP contribution in [0.5, 0.6) is 5.88 Å². The first-order valence-corrected chi connectivity index (χ1v) is 14.3. The molecular weight excluding hydrogens is 510 g/mol. The molecular formula is C29H37N7O4. The van der Waals surface area contributed by atoms with Crippen LogP contribution in [0.1, 0.15) is 65.0 Å². The third kappa shape index (κ3) is 5.22. The second kappa shape index (κ2) is 11.0. The van der Waals surface area contributed by atoms with Crippen molar-refractivity contribution in [3.8, 4) is 28.4 Å². The number of hydrogen-bond acceptors (Lipinski definition) is 8. The summed E-state index contributed by atoms with van der Waals surface area (Å²) in [6, 6.07) is 8.22. The highest BCUT2D eigenvalue weighted by molar-refractivity contribution is 5.70. The maximum absolute atomic E-state index is 11.7. The summed E-state index contributed by atoms with van der Waals surface area (Å²) < 4.78 is 13.9. The van der Waals surface area contributed by atoms with Gasteiger partial charge in [-0.2, -0.15) is 5.10 Å². The Bertz CT molecular complexity index is 1320. The van der Waals surface area contributed by atoms with Gasteiger partial charge >= 0.3 is 6.09 Å². The molecule has 3 fully saturated rings. The highest BCUT2D eigenvalue weighted by atomic mass is 16.5. The Morgan fingerprint density at radius 1 is 1.07 bits per heavy atom. The van der Waals surface area contributed by atoms with Gasteiger partial charge in [-0.05, 0) is 83.1 Å². The molecule has 4 atom stereocenters. The van der Waals surface area contributed by atoms with Crippen LogP contribution < -0.4 is 9.64 Å². The molecule has 11 nitrogen and oxygen atoms in total. The molecule has 0 saturated carbocycles. The molecule has 1 amide bonds. The Balaban J connectivity index is 1.20. The van der Waals surface area contributed by atoms with Crippen molar-refractivity contribution in [3.05, 3.63) is 36.7 Å². The van der Waals surface area contributed by atoms with E-state index in [2.05, 4.69) is 20.2 Å². The first-order chi connectivity index (χ1) is 19.4. The molecule has 6 rings (SSSR count).